The van der Waals surface area contributed by atoms with Crippen LogP contribution in [0.25, 0.3) is 0 Å². The lowest BCUT2D eigenvalue weighted by atomic mass is 9.74. The Morgan fingerprint density at radius 1 is 1.36 bits per heavy atom. The van der Waals surface area contributed by atoms with Crippen molar-refractivity contribution in [3.8, 4) is 0 Å². The monoisotopic (exact) mass is 150 g/mol. The Balaban J connectivity index is 2.17. The van der Waals surface area contributed by atoms with E-state index in [1.807, 2.05) is 0 Å². The minimum Gasteiger partial charge on any atom is -0.372 e. The third-order valence-electron chi connectivity index (χ3n) is 2.57. The van der Waals surface area contributed by atoms with E-state index in [1.165, 1.54) is 0 Å². The Morgan fingerprint density at radius 2 is 2.09 bits per heavy atom. The smallest absolute Gasteiger partial charge is 0.0880 e. The molecule has 0 aromatic heterocycles. The molecular weight excluding hydrogens is 136 g/mol. The second kappa shape index (κ2) is 2.21. The first-order valence-corrected chi connectivity index (χ1v) is 4.18. The molecule has 0 amide bonds. The van der Waals surface area contributed by atoms with Crippen LogP contribution in [-0.2, 0) is 4.74 Å². The van der Waals surface area contributed by atoms with E-state index in [0.717, 1.165) is 6.61 Å². The second-order valence-electron chi connectivity index (χ2n) is 3.96. The van der Waals surface area contributed by atoms with Gasteiger partial charge in [-0.3, -0.25) is 0 Å². The van der Waals surface area contributed by atoms with E-state index in [1.54, 1.807) is 0 Å². The summed E-state index contributed by atoms with van der Waals surface area (Å²) in [6.07, 6.45) is 9.26. The fraction of sp³-hybridized carbons (Fsp3) is 0.600. The van der Waals surface area contributed by atoms with E-state index in [2.05, 4.69) is 38.2 Å². The third-order valence-corrected chi connectivity index (χ3v) is 2.57. The van der Waals surface area contributed by atoms with Gasteiger partial charge in [-0.05, 0) is 5.41 Å². The minimum atomic E-state index is 0.288. The molecule has 0 aromatic carbocycles. The van der Waals surface area contributed by atoms with Crippen LogP contribution in [0.5, 0.6) is 0 Å². The Morgan fingerprint density at radius 3 is 2.64 bits per heavy atom. The van der Waals surface area contributed by atoms with Gasteiger partial charge in [0.15, 0.2) is 0 Å². The zero-order valence-electron chi connectivity index (χ0n) is 7.08. The lowest BCUT2D eigenvalue weighted by Crippen LogP contribution is -2.26. The topological polar surface area (TPSA) is 12.5 Å². The zero-order valence-corrected chi connectivity index (χ0v) is 7.08. The van der Waals surface area contributed by atoms with Gasteiger partial charge in [-0.25, -0.2) is 0 Å². The van der Waals surface area contributed by atoms with E-state index >= 15 is 0 Å². The van der Waals surface area contributed by atoms with Crippen LogP contribution >= 0.6 is 0 Å². The van der Waals surface area contributed by atoms with Gasteiger partial charge in [-0.2, -0.15) is 0 Å². The van der Waals surface area contributed by atoms with Crippen LogP contribution in [0.15, 0.2) is 24.3 Å². The predicted molar refractivity (Wildman–Crippen MR) is 45.3 cm³/mol. The highest BCUT2D eigenvalue weighted by molar-refractivity contribution is 5.20. The van der Waals surface area contributed by atoms with E-state index in [4.69, 9.17) is 4.74 Å². The molecule has 2 aliphatic rings. The van der Waals surface area contributed by atoms with Crippen molar-refractivity contribution < 1.29 is 4.74 Å². The molecule has 0 N–H and O–H groups in total. The molecule has 1 fully saturated rings. The molecule has 1 nitrogen and oxygen atoms in total. The molecule has 0 saturated carbocycles. The molecule has 0 spiro atoms. The van der Waals surface area contributed by atoms with Gasteiger partial charge in [0.1, 0.15) is 0 Å². The molecule has 2 unspecified atom stereocenters. The molecule has 2 rings (SSSR count). The number of hydrogen-bond acceptors (Lipinski definition) is 1. The average Bonchev–Trinajstić information content (AvgIpc) is 2.69. The second-order valence-corrected chi connectivity index (χ2v) is 3.96. The summed E-state index contributed by atoms with van der Waals surface area (Å²) in [7, 11) is 0. The fourth-order valence-electron chi connectivity index (χ4n) is 1.71. The predicted octanol–water partition coefficient (Wildman–Crippen LogP) is 2.15. The van der Waals surface area contributed by atoms with Gasteiger partial charge in [0.05, 0.1) is 12.7 Å². The standard InChI is InChI=1S/C10H14O/c1-10(2)6-4-3-5-8(10)9-7-11-9/h3-6,8-9H,7H2,1-2H3. The van der Waals surface area contributed by atoms with Gasteiger partial charge in [-0.1, -0.05) is 38.2 Å². The summed E-state index contributed by atoms with van der Waals surface area (Å²) in [6.45, 7) is 5.48. The quantitative estimate of drug-likeness (QED) is 0.522. The molecule has 1 aliphatic heterocycles. The third kappa shape index (κ3) is 1.25. The minimum absolute atomic E-state index is 0.288. The van der Waals surface area contributed by atoms with Crippen molar-refractivity contribution in [2.45, 2.75) is 20.0 Å². The molecule has 1 aliphatic carbocycles. The number of ether oxygens (including phenoxy) is 1. The van der Waals surface area contributed by atoms with Crippen molar-refractivity contribution >= 4 is 0 Å². The Bertz CT molecular complexity index is 209. The van der Waals surface area contributed by atoms with Crippen LogP contribution in [0.4, 0.5) is 0 Å². The first kappa shape index (κ1) is 7.11. The lowest BCUT2D eigenvalue weighted by Gasteiger charge is -2.30. The van der Waals surface area contributed by atoms with E-state index in [-0.39, 0.29) is 5.41 Å². The highest BCUT2D eigenvalue weighted by Crippen LogP contribution is 2.39. The maximum atomic E-state index is 5.30. The van der Waals surface area contributed by atoms with Crippen molar-refractivity contribution in [2.24, 2.45) is 11.3 Å². The van der Waals surface area contributed by atoms with E-state index in [0.29, 0.717) is 12.0 Å². The highest BCUT2D eigenvalue weighted by Gasteiger charge is 2.40. The van der Waals surface area contributed by atoms with Gasteiger partial charge in [0, 0.05) is 5.92 Å². The van der Waals surface area contributed by atoms with Crippen molar-refractivity contribution in [1.82, 2.24) is 0 Å². The first-order chi connectivity index (χ1) is 5.20. The summed E-state index contributed by atoms with van der Waals surface area (Å²) >= 11 is 0. The molecule has 11 heavy (non-hydrogen) atoms. The number of epoxide rings is 1. The van der Waals surface area contributed by atoms with Gasteiger partial charge in [0.2, 0.25) is 0 Å². The normalized spacial score (nSPS) is 39.1. The van der Waals surface area contributed by atoms with Crippen molar-refractivity contribution in [3.05, 3.63) is 24.3 Å². The molecule has 0 aromatic rings. The van der Waals surface area contributed by atoms with Crippen molar-refractivity contribution in [3.63, 3.8) is 0 Å². The molecule has 1 heteroatoms. The molecule has 1 heterocycles. The van der Waals surface area contributed by atoms with Crippen LogP contribution in [-0.4, -0.2) is 12.7 Å². The summed E-state index contributed by atoms with van der Waals surface area (Å²) in [5, 5.41) is 0. The SMILES string of the molecule is CC1(C)C=CC=CC1C1CO1. The zero-order chi connectivity index (χ0) is 7.90. The van der Waals surface area contributed by atoms with Gasteiger partial charge in [-0.15, -0.1) is 0 Å². The van der Waals surface area contributed by atoms with Crippen LogP contribution in [0.1, 0.15) is 13.8 Å². The summed E-state index contributed by atoms with van der Waals surface area (Å²) < 4.78 is 5.30. The van der Waals surface area contributed by atoms with Gasteiger partial charge < -0.3 is 4.74 Å². The van der Waals surface area contributed by atoms with Crippen LogP contribution < -0.4 is 0 Å². The molecule has 2 atom stereocenters. The van der Waals surface area contributed by atoms with Crippen molar-refractivity contribution in [2.75, 3.05) is 6.61 Å². The Hall–Kier alpha value is -0.560. The largest absolute Gasteiger partial charge is 0.372 e. The fourth-order valence-corrected chi connectivity index (χ4v) is 1.71. The van der Waals surface area contributed by atoms with E-state index in [9.17, 15) is 0 Å². The summed E-state index contributed by atoms with van der Waals surface area (Å²) in [6, 6.07) is 0. The molecule has 1 saturated heterocycles. The molecule has 60 valence electrons. The average molecular weight is 150 g/mol. The maximum absolute atomic E-state index is 5.30. The molecular formula is C10H14O. The lowest BCUT2D eigenvalue weighted by molar-refractivity contribution is 0.256. The number of rotatable bonds is 1. The van der Waals surface area contributed by atoms with Crippen LogP contribution in [0.3, 0.4) is 0 Å². The first-order valence-electron chi connectivity index (χ1n) is 4.18. The Labute approximate surface area is 67.7 Å². The van der Waals surface area contributed by atoms with Crippen LogP contribution in [0, 0.1) is 11.3 Å². The number of hydrogen-bond donors (Lipinski definition) is 0. The molecule has 0 bridgehead atoms. The summed E-state index contributed by atoms with van der Waals surface area (Å²) in [4.78, 5) is 0. The van der Waals surface area contributed by atoms with E-state index < -0.39 is 0 Å². The number of allylic oxidation sites excluding steroid dienone is 3. The van der Waals surface area contributed by atoms with Gasteiger partial charge in [0.25, 0.3) is 0 Å². The highest BCUT2D eigenvalue weighted by atomic mass is 16.6. The molecule has 0 radical (unpaired) electrons. The summed E-state index contributed by atoms with van der Waals surface area (Å²) in [5.41, 5.74) is 0.288. The summed E-state index contributed by atoms with van der Waals surface area (Å²) in [5.74, 6) is 0.590. The van der Waals surface area contributed by atoms with Crippen molar-refractivity contribution in [1.29, 1.82) is 0 Å². The Kier molecular flexibility index (Phi) is 1.43. The van der Waals surface area contributed by atoms with Gasteiger partial charge >= 0.3 is 0 Å². The maximum Gasteiger partial charge on any atom is 0.0880 e. The van der Waals surface area contributed by atoms with Crippen LogP contribution in [0.2, 0.25) is 0 Å².